The van der Waals surface area contributed by atoms with Gasteiger partial charge in [-0.05, 0) is 6.42 Å². The Labute approximate surface area is 68.5 Å². The Kier molecular flexibility index (Phi) is 3.22. The summed E-state index contributed by atoms with van der Waals surface area (Å²) in [6, 6.07) is 0. The lowest BCUT2D eigenvalue weighted by atomic mass is 10.3. The number of aromatic amines is 1. The molecular formula is C7H9BrN2. The summed E-state index contributed by atoms with van der Waals surface area (Å²) in [5.74, 6) is 0. The number of hydrogen-bond donors (Lipinski definition) is 1. The zero-order chi connectivity index (χ0) is 7.23. The van der Waals surface area contributed by atoms with Crippen LogP contribution in [-0.2, 0) is 0 Å². The highest BCUT2D eigenvalue weighted by atomic mass is 79.9. The smallest absolute Gasteiger partial charge is 0.0559 e. The molecule has 1 rings (SSSR count). The number of H-pyrrole nitrogens is 1. The van der Waals surface area contributed by atoms with Crippen LogP contribution in [0.25, 0.3) is 6.08 Å². The molecule has 3 heteroatoms. The maximum absolute atomic E-state index is 3.81. The quantitative estimate of drug-likeness (QED) is 0.746. The van der Waals surface area contributed by atoms with Gasteiger partial charge in [0.1, 0.15) is 0 Å². The van der Waals surface area contributed by atoms with Crippen molar-refractivity contribution in [1.82, 2.24) is 10.2 Å². The van der Waals surface area contributed by atoms with E-state index in [1.807, 2.05) is 12.3 Å². The Morgan fingerprint density at radius 1 is 1.70 bits per heavy atom. The molecule has 0 fully saturated rings. The van der Waals surface area contributed by atoms with Gasteiger partial charge in [0.05, 0.1) is 6.20 Å². The van der Waals surface area contributed by atoms with E-state index in [-0.39, 0.29) is 0 Å². The molecule has 10 heavy (non-hydrogen) atoms. The first-order valence-corrected chi connectivity index (χ1v) is 4.27. The van der Waals surface area contributed by atoms with Crippen LogP contribution >= 0.6 is 15.9 Å². The van der Waals surface area contributed by atoms with E-state index in [0.717, 1.165) is 17.3 Å². The summed E-state index contributed by atoms with van der Waals surface area (Å²) in [4.78, 5) is 0. The third-order valence-corrected chi connectivity index (χ3v) is 1.56. The summed E-state index contributed by atoms with van der Waals surface area (Å²) in [7, 11) is 0. The third kappa shape index (κ3) is 2.35. The molecule has 0 bridgehead atoms. The molecule has 0 radical (unpaired) electrons. The van der Waals surface area contributed by atoms with Crippen molar-refractivity contribution in [2.75, 3.05) is 5.33 Å². The van der Waals surface area contributed by atoms with Crippen LogP contribution in [0, 0.1) is 0 Å². The molecule has 0 aliphatic heterocycles. The summed E-state index contributed by atoms with van der Waals surface area (Å²) < 4.78 is 0. The zero-order valence-corrected chi connectivity index (χ0v) is 7.13. The molecule has 1 aromatic rings. The molecule has 0 atom stereocenters. The van der Waals surface area contributed by atoms with Gasteiger partial charge in [0.15, 0.2) is 0 Å². The van der Waals surface area contributed by atoms with Crippen LogP contribution in [0.5, 0.6) is 0 Å². The van der Waals surface area contributed by atoms with E-state index >= 15 is 0 Å². The molecule has 0 saturated carbocycles. The topological polar surface area (TPSA) is 28.7 Å². The number of aromatic nitrogens is 2. The van der Waals surface area contributed by atoms with E-state index < -0.39 is 0 Å². The van der Waals surface area contributed by atoms with Crippen LogP contribution in [0.1, 0.15) is 12.0 Å². The largest absolute Gasteiger partial charge is 0.285 e. The minimum Gasteiger partial charge on any atom is -0.285 e. The number of hydrogen-bond acceptors (Lipinski definition) is 1. The average molecular weight is 201 g/mol. The van der Waals surface area contributed by atoms with Gasteiger partial charge >= 0.3 is 0 Å². The molecule has 54 valence electrons. The highest BCUT2D eigenvalue weighted by Crippen LogP contribution is 1.98. The maximum atomic E-state index is 3.81. The van der Waals surface area contributed by atoms with Crippen LogP contribution in [0.3, 0.4) is 0 Å². The molecule has 1 N–H and O–H groups in total. The summed E-state index contributed by atoms with van der Waals surface area (Å²) in [5.41, 5.74) is 1.13. The molecule has 0 saturated heterocycles. The van der Waals surface area contributed by atoms with Crippen LogP contribution in [0.2, 0.25) is 0 Å². The fourth-order valence-electron chi connectivity index (χ4n) is 0.634. The number of alkyl halides is 1. The monoisotopic (exact) mass is 200 g/mol. The summed E-state index contributed by atoms with van der Waals surface area (Å²) in [6.45, 7) is 0. The first-order valence-electron chi connectivity index (χ1n) is 3.15. The molecule has 0 spiro atoms. The fraction of sp³-hybridized carbons (Fsp3) is 0.286. The summed E-state index contributed by atoms with van der Waals surface area (Å²) in [5, 5.41) is 7.57. The standard InChI is InChI=1S/C7H9BrN2/c8-4-2-1-3-7-5-9-10-6-7/h1,3,5-6H,2,4H2,(H,9,10). The van der Waals surface area contributed by atoms with Gasteiger partial charge in [0.25, 0.3) is 0 Å². The van der Waals surface area contributed by atoms with Gasteiger partial charge in [-0.15, -0.1) is 0 Å². The van der Waals surface area contributed by atoms with E-state index in [4.69, 9.17) is 0 Å². The number of halogens is 1. The first kappa shape index (κ1) is 7.54. The summed E-state index contributed by atoms with van der Waals surface area (Å²) >= 11 is 3.34. The van der Waals surface area contributed by atoms with E-state index in [0.29, 0.717) is 0 Å². The number of allylic oxidation sites excluding steroid dienone is 1. The molecule has 0 aromatic carbocycles. The highest BCUT2D eigenvalue weighted by molar-refractivity contribution is 9.09. The van der Waals surface area contributed by atoms with Crippen molar-refractivity contribution in [3.05, 3.63) is 24.0 Å². The zero-order valence-electron chi connectivity index (χ0n) is 5.55. The number of nitrogens with zero attached hydrogens (tertiary/aromatic N) is 1. The van der Waals surface area contributed by atoms with Crippen molar-refractivity contribution in [3.8, 4) is 0 Å². The van der Waals surface area contributed by atoms with Crippen LogP contribution in [0.15, 0.2) is 18.5 Å². The van der Waals surface area contributed by atoms with Gasteiger partial charge < -0.3 is 0 Å². The molecule has 1 heterocycles. The van der Waals surface area contributed by atoms with Gasteiger partial charge in [-0.1, -0.05) is 28.1 Å². The van der Waals surface area contributed by atoms with Crippen molar-refractivity contribution in [2.45, 2.75) is 6.42 Å². The van der Waals surface area contributed by atoms with Crippen LogP contribution in [-0.4, -0.2) is 15.5 Å². The molecular weight excluding hydrogens is 192 g/mol. The van der Waals surface area contributed by atoms with E-state index in [9.17, 15) is 0 Å². The van der Waals surface area contributed by atoms with E-state index in [1.165, 1.54) is 0 Å². The Morgan fingerprint density at radius 2 is 2.60 bits per heavy atom. The van der Waals surface area contributed by atoms with Crippen molar-refractivity contribution in [1.29, 1.82) is 0 Å². The van der Waals surface area contributed by atoms with Crippen molar-refractivity contribution in [3.63, 3.8) is 0 Å². The van der Waals surface area contributed by atoms with Crippen molar-refractivity contribution < 1.29 is 0 Å². The average Bonchev–Trinajstić information content (AvgIpc) is 2.41. The molecule has 0 aliphatic carbocycles. The van der Waals surface area contributed by atoms with Gasteiger partial charge in [-0.3, -0.25) is 5.10 Å². The molecule has 0 unspecified atom stereocenters. The lowest BCUT2D eigenvalue weighted by Gasteiger charge is -1.81. The Morgan fingerprint density at radius 3 is 3.20 bits per heavy atom. The second-order valence-corrected chi connectivity index (χ2v) is 2.70. The number of rotatable bonds is 3. The fourth-order valence-corrected chi connectivity index (χ4v) is 0.899. The predicted molar refractivity (Wildman–Crippen MR) is 46.0 cm³/mol. The molecule has 1 aromatic heterocycles. The van der Waals surface area contributed by atoms with Crippen molar-refractivity contribution >= 4 is 22.0 Å². The van der Waals surface area contributed by atoms with Gasteiger partial charge in [-0.2, -0.15) is 5.10 Å². The predicted octanol–water partition coefficient (Wildman–Crippen LogP) is 2.21. The van der Waals surface area contributed by atoms with E-state index in [1.54, 1.807) is 6.20 Å². The van der Waals surface area contributed by atoms with Crippen LogP contribution < -0.4 is 0 Å². The minimum absolute atomic E-state index is 1.02. The van der Waals surface area contributed by atoms with Gasteiger partial charge in [-0.25, -0.2) is 0 Å². The Bertz CT molecular complexity index is 191. The van der Waals surface area contributed by atoms with Gasteiger partial charge in [0.2, 0.25) is 0 Å². The SMILES string of the molecule is BrCCC=Cc1cn[nH]c1. The van der Waals surface area contributed by atoms with E-state index in [2.05, 4.69) is 32.2 Å². The maximum Gasteiger partial charge on any atom is 0.0559 e. The second kappa shape index (κ2) is 4.28. The summed E-state index contributed by atoms with van der Waals surface area (Å²) in [6.07, 6.45) is 8.88. The Hall–Kier alpha value is -0.570. The Balaban J connectivity index is 2.40. The van der Waals surface area contributed by atoms with Crippen molar-refractivity contribution in [2.24, 2.45) is 0 Å². The lowest BCUT2D eigenvalue weighted by Crippen LogP contribution is -1.65. The minimum atomic E-state index is 1.02. The molecule has 0 aliphatic rings. The lowest BCUT2D eigenvalue weighted by molar-refractivity contribution is 1.09. The number of nitrogens with one attached hydrogen (secondary N) is 1. The first-order chi connectivity index (χ1) is 4.93. The third-order valence-electron chi connectivity index (χ3n) is 1.11. The molecule has 0 amide bonds. The van der Waals surface area contributed by atoms with Gasteiger partial charge in [0, 0.05) is 17.1 Å². The second-order valence-electron chi connectivity index (χ2n) is 1.91. The highest BCUT2D eigenvalue weighted by Gasteiger charge is 1.83. The normalized spacial score (nSPS) is 10.9. The van der Waals surface area contributed by atoms with Crippen LogP contribution in [0.4, 0.5) is 0 Å². The molecule has 2 nitrogen and oxygen atoms in total.